The molecule has 15 heavy (non-hydrogen) atoms. The van der Waals surface area contributed by atoms with E-state index in [1.807, 2.05) is 0 Å². The zero-order chi connectivity index (χ0) is 11.7. The summed E-state index contributed by atoms with van der Waals surface area (Å²) in [7, 11) is 0. The highest BCUT2D eigenvalue weighted by atomic mass is 16.3. The molecule has 0 aliphatic carbocycles. The number of hydrogen-bond acceptors (Lipinski definition) is 7. The molecule has 0 aliphatic heterocycles. The molecule has 7 heteroatoms. The highest BCUT2D eigenvalue weighted by molar-refractivity contribution is 6.01. The minimum atomic E-state index is -0.164. The van der Waals surface area contributed by atoms with Crippen molar-refractivity contribution in [2.45, 2.75) is 0 Å². The lowest BCUT2D eigenvalue weighted by Gasteiger charge is -2.14. The van der Waals surface area contributed by atoms with E-state index >= 15 is 0 Å². The van der Waals surface area contributed by atoms with Crippen molar-refractivity contribution in [2.24, 2.45) is 10.9 Å². The van der Waals surface area contributed by atoms with Crippen molar-refractivity contribution >= 4 is 34.1 Å². The SMILES string of the molecule is C=C(N)c1c(N)c(N)c(N)c(N=O)c1N. The molecule has 0 saturated carbocycles. The lowest BCUT2D eigenvalue weighted by molar-refractivity contribution is 1.45. The third kappa shape index (κ3) is 1.39. The molecule has 0 amide bonds. The maximum Gasteiger partial charge on any atom is 0.156 e. The number of anilines is 4. The van der Waals surface area contributed by atoms with Gasteiger partial charge in [0.15, 0.2) is 5.69 Å². The number of hydrogen-bond donors (Lipinski definition) is 5. The minimum absolute atomic E-state index is 0.0123. The Bertz CT molecular complexity index is 453. The number of benzene rings is 1. The van der Waals surface area contributed by atoms with Crippen LogP contribution in [0.3, 0.4) is 0 Å². The first kappa shape index (κ1) is 10.6. The summed E-state index contributed by atoms with van der Waals surface area (Å²) in [6.45, 7) is 3.47. The van der Waals surface area contributed by atoms with Gasteiger partial charge in [-0.25, -0.2) is 0 Å². The number of nitrogens with zero attached hydrogens (tertiary/aromatic N) is 1. The van der Waals surface area contributed by atoms with Gasteiger partial charge in [-0.15, -0.1) is 4.91 Å². The Balaban J connectivity index is 3.75. The van der Waals surface area contributed by atoms with E-state index < -0.39 is 0 Å². The van der Waals surface area contributed by atoms with E-state index in [4.69, 9.17) is 28.7 Å². The van der Waals surface area contributed by atoms with Gasteiger partial charge in [-0.3, -0.25) is 0 Å². The van der Waals surface area contributed by atoms with E-state index in [-0.39, 0.29) is 39.7 Å². The molecule has 0 radical (unpaired) electrons. The van der Waals surface area contributed by atoms with Crippen LogP contribution in [-0.2, 0) is 0 Å². The average molecular weight is 208 g/mol. The maximum atomic E-state index is 10.5. The van der Waals surface area contributed by atoms with Crippen LogP contribution in [-0.4, -0.2) is 0 Å². The Morgan fingerprint density at radius 3 is 1.93 bits per heavy atom. The fourth-order valence-corrected chi connectivity index (χ4v) is 1.26. The van der Waals surface area contributed by atoms with Gasteiger partial charge in [-0.2, -0.15) is 0 Å². The monoisotopic (exact) mass is 208 g/mol. The lowest BCUT2D eigenvalue weighted by Crippen LogP contribution is -2.09. The molecule has 1 aromatic rings. The van der Waals surface area contributed by atoms with Crippen molar-refractivity contribution in [3.05, 3.63) is 17.0 Å². The first-order valence-corrected chi connectivity index (χ1v) is 3.95. The molecule has 0 spiro atoms. The van der Waals surface area contributed by atoms with Gasteiger partial charge < -0.3 is 28.7 Å². The third-order valence-corrected chi connectivity index (χ3v) is 2.04. The normalized spacial score (nSPS) is 9.87. The molecule has 0 unspecified atom stereocenters. The minimum Gasteiger partial charge on any atom is -0.399 e. The van der Waals surface area contributed by atoms with Gasteiger partial charge in [-0.05, 0) is 5.18 Å². The number of nitrogens with two attached hydrogens (primary N) is 5. The highest BCUT2D eigenvalue weighted by Crippen LogP contribution is 2.43. The van der Waals surface area contributed by atoms with Crippen LogP contribution in [0.2, 0.25) is 0 Å². The summed E-state index contributed by atoms with van der Waals surface area (Å²) in [6.07, 6.45) is 0. The highest BCUT2D eigenvalue weighted by Gasteiger charge is 2.19. The summed E-state index contributed by atoms with van der Waals surface area (Å²) < 4.78 is 0. The van der Waals surface area contributed by atoms with Crippen molar-refractivity contribution < 1.29 is 0 Å². The predicted molar refractivity (Wildman–Crippen MR) is 62.8 cm³/mol. The molecule has 7 nitrogen and oxygen atoms in total. The van der Waals surface area contributed by atoms with Gasteiger partial charge in [0.2, 0.25) is 0 Å². The van der Waals surface area contributed by atoms with E-state index in [1.54, 1.807) is 0 Å². The molecule has 0 fully saturated rings. The van der Waals surface area contributed by atoms with E-state index in [1.165, 1.54) is 0 Å². The van der Waals surface area contributed by atoms with Crippen LogP contribution < -0.4 is 28.7 Å². The number of nitroso groups, excluding NO2 is 1. The van der Waals surface area contributed by atoms with Crippen LogP contribution in [0.4, 0.5) is 28.4 Å². The summed E-state index contributed by atoms with van der Waals surface area (Å²) in [5.41, 5.74) is 28.0. The van der Waals surface area contributed by atoms with Crippen LogP contribution in [0.15, 0.2) is 11.8 Å². The van der Waals surface area contributed by atoms with Gasteiger partial charge in [-0.1, -0.05) is 6.58 Å². The Morgan fingerprint density at radius 1 is 1.00 bits per heavy atom. The maximum absolute atomic E-state index is 10.5. The second-order valence-corrected chi connectivity index (χ2v) is 2.99. The Kier molecular flexibility index (Phi) is 2.39. The molecule has 0 atom stereocenters. The number of nitrogen functional groups attached to an aromatic ring is 4. The fourth-order valence-electron chi connectivity index (χ4n) is 1.26. The van der Waals surface area contributed by atoms with Crippen LogP contribution in [0.5, 0.6) is 0 Å². The van der Waals surface area contributed by atoms with E-state index in [9.17, 15) is 4.91 Å². The fraction of sp³-hybridized carbons (Fsp3) is 0. The van der Waals surface area contributed by atoms with Crippen molar-refractivity contribution in [1.82, 2.24) is 0 Å². The topological polar surface area (TPSA) is 160 Å². The second-order valence-electron chi connectivity index (χ2n) is 2.99. The van der Waals surface area contributed by atoms with E-state index in [2.05, 4.69) is 11.8 Å². The molecule has 80 valence electrons. The third-order valence-electron chi connectivity index (χ3n) is 2.04. The molecule has 0 heterocycles. The zero-order valence-electron chi connectivity index (χ0n) is 7.95. The number of rotatable bonds is 2. The quantitative estimate of drug-likeness (QED) is 0.348. The van der Waals surface area contributed by atoms with E-state index in [0.29, 0.717) is 0 Å². The molecule has 0 saturated heterocycles. The van der Waals surface area contributed by atoms with Crippen molar-refractivity contribution in [3.8, 4) is 0 Å². The lowest BCUT2D eigenvalue weighted by atomic mass is 10.0. The Hall–Kier alpha value is -2.44. The van der Waals surface area contributed by atoms with Crippen molar-refractivity contribution in [3.63, 3.8) is 0 Å². The molecule has 1 rings (SSSR count). The van der Waals surface area contributed by atoms with Gasteiger partial charge in [0.25, 0.3) is 0 Å². The molecule has 0 aliphatic rings. The largest absolute Gasteiger partial charge is 0.399 e. The molecular weight excluding hydrogens is 196 g/mol. The molecule has 0 aromatic heterocycles. The first-order chi connectivity index (χ1) is 6.91. The summed E-state index contributed by atoms with van der Waals surface area (Å²) in [5.74, 6) is 0. The summed E-state index contributed by atoms with van der Waals surface area (Å²) in [4.78, 5) is 10.5. The zero-order valence-corrected chi connectivity index (χ0v) is 7.95. The summed E-state index contributed by atoms with van der Waals surface area (Å²) in [6, 6.07) is 0. The van der Waals surface area contributed by atoms with Gasteiger partial charge in [0, 0.05) is 11.3 Å². The van der Waals surface area contributed by atoms with Gasteiger partial charge in [0.05, 0.1) is 22.7 Å². The van der Waals surface area contributed by atoms with Gasteiger partial charge >= 0.3 is 0 Å². The molecule has 1 aromatic carbocycles. The van der Waals surface area contributed by atoms with Crippen molar-refractivity contribution in [1.29, 1.82) is 0 Å². The van der Waals surface area contributed by atoms with Crippen LogP contribution in [0.1, 0.15) is 5.56 Å². The average Bonchev–Trinajstić information content (AvgIpc) is 2.15. The molecule has 0 bridgehead atoms. The predicted octanol–water partition coefficient (Wildman–Crippen LogP) is 0.343. The molecular formula is C8H12N6O. The summed E-state index contributed by atoms with van der Waals surface area (Å²) >= 11 is 0. The molecule has 10 N–H and O–H groups in total. The van der Waals surface area contributed by atoms with Gasteiger partial charge in [0.1, 0.15) is 0 Å². The smallest absolute Gasteiger partial charge is 0.156 e. The van der Waals surface area contributed by atoms with Crippen LogP contribution >= 0.6 is 0 Å². The van der Waals surface area contributed by atoms with Crippen LogP contribution in [0.25, 0.3) is 5.70 Å². The van der Waals surface area contributed by atoms with Crippen LogP contribution in [0, 0.1) is 4.91 Å². The second kappa shape index (κ2) is 3.37. The Labute approximate surface area is 85.9 Å². The van der Waals surface area contributed by atoms with E-state index in [0.717, 1.165) is 0 Å². The Morgan fingerprint density at radius 2 is 1.53 bits per heavy atom. The standard InChI is InChI=1S/C8H12N6O/c1-2(9)3-4(10)6(12)7(13)8(14-15)5(3)11/h1,9-13H2. The van der Waals surface area contributed by atoms with Crippen molar-refractivity contribution in [2.75, 3.05) is 22.9 Å². The first-order valence-electron chi connectivity index (χ1n) is 3.95. The summed E-state index contributed by atoms with van der Waals surface area (Å²) in [5, 5.41) is 2.68.